The first-order valence-electron chi connectivity index (χ1n) is 10.4. The van der Waals surface area contributed by atoms with Crippen molar-refractivity contribution in [2.75, 3.05) is 18.9 Å². The number of anilines is 1. The number of nitrogens with zero attached hydrogens (tertiary/aromatic N) is 1. The van der Waals surface area contributed by atoms with E-state index < -0.39 is 15.8 Å². The van der Waals surface area contributed by atoms with Crippen molar-refractivity contribution in [2.45, 2.75) is 18.2 Å². The van der Waals surface area contributed by atoms with Crippen LogP contribution in [0.5, 0.6) is 23.0 Å². The van der Waals surface area contributed by atoms with Gasteiger partial charge in [0.25, 0.3) is 10.0 Å². The van der Waals surface area contributed by atoms with E-state index in [1.807, 2.05) is 6.92 Å². The molecular weight excluding hydrogens is 459 g/mol. The van der Waals surface area contributed by atoms with E-state index in [0.717, 1.165) is 18.1 Å². The third-order valence-corrected chi connectivity index (χ3v) is 6.64. The lowest BCUT2D eigenvalue weighted by Gasteiger charge is -2.13. The molecule has 7 nitrogen and oxygen atoms in total. The molecule has 1 N–H and O–H groups in total. The maximum atomic E-state index is 14.8. The van der Waals surface area contributed by atoms with Crippen LogP contribution in [0.15, 0.2) is 71.8 Å². The topological polar surface area (TPSA) is 86.8 Å². The van der Waals surface area contributed by atoms with Gasteiger partial charge in [0, 0.05) is 23.7 Å². The van der Waals surface area contributed by atoms with Gasteiger partial charge in [0.15, 0.2) is 17.3 Å². The third kappa shape index (κ3) is 4.74. The van der Waals surface area contributed by atoms with E-state index in [4.69, 9.17) is 14.2 Å². The van der Waals surface area contributed by atoms with Gasteiger partial charge in [0.1, 0.15) is 11.5 Å². The van der Waals surface area contributed by atoms with Crippen LogP contribution in [0.1, 0.15) is 12.5 Å². The highest BCUT2D eigenvalue weighted by atomic mass is 32.2. The van der Waals surface area contributed by atoms with Gasteiger partial charge < -0.3 is 14.2 Å². The Bertz CT molecular complexity index is 1440. The second kappa shape index (κ2) is 9.56. The van der Waals surface area contributed by atoms with Crippen molar-refractivity contribution < 1.29 is 27.0 Å². The van der Waals surface area contributed by atoms with Crippen molar-refractivity contribution in [3.63, 3.8) is 0 Å². The highest BCUT2D eigenvalue weighted by molar-refractivity contribution is 7.92. The first kappa shape index (κ1) is 23.3. The second-order valence-corrected chi connectivity index (χ2v) is 9.06. The van der Waals surface area contributed by atoms with Gasteiger partial charge in [-0.05, 0) is 48.4 Å². The molecule has 0 saturated carbocycles. The summed E-state index contributed by atoms with van der Waals surface area (Å²) in [6.07, 6.45) is 2.35. The molecule has 0 aliphatic rings. The van der Waals surface area contributed by atoms with Crippen LogP contribution in [-0.4, -0.2) is 27.6 Å². The minimum absolute atomic E-state index is 0.0528. The van der Waals surface area contributed by atoms with E-state index in [1.54, 1.807) is 36.5 Å². The molecule has 0 atom stereocenters. The summed E-state index contributed by atoms with van der Waals surface area (Å²) in [5.41, 5.74) is 1.43. The van der Waals surface area contributed by atoms with Crippen molar-refractivity contribution in [1.29, 1.82) is 0 Å². The number of pyridine rings is 1. The predicted molar refractivity (Wildman–Crippen MR) is 128 cm³/mol. The second-order valence-electron chi connectivity index (χ2n) is 7.38. The van der Waals surface area contributed by atoms with Crippen LogP contribution in [0, 0.1) is 5.82 Å². The molecule has 3 aromatic carbocycles. The van der Waals surface area contributed by atoms with Gasteiger partial charge in [0.05, 0.1) is 30.3 Å². The Kier molecular flexibility index (Phi) is 6.56. The average molecular weight is 483 g/mol. The molecule has 0 spiro atoms. The number of aromatic nitrogens is 1. The molecule has 0 radical (unpaired) electrons. The van der Waals surface area contributed by atoms with Crippen LogP contribution in [0.4, 0.5) is 10.1 Å². The molecule has 0 amide bonds. The van der Waals surface area contributed by atoms with Gasteiger partial charge >= 0.3 is 0 Å². The lowest BCUT2D eigenvalue weighted by molar-refractivity contribution is 0.355. The largest absolute Gasteiger partial charge is 0.493 e. The number of nitrogens with one attached hydrogen (secondary N) is 1. The van der Waals surface area contributed by atoms with E-state index in [-0.39, 0.29) is 16.3 Å². The quantitative estimate of drug-likeness (QED) is 0.355. The Hall–Kier alpha value is -3.85. The van der Waals surface area contributed by atoms with E-state index in [1.165, 1.54) is 38.5 Å². The Morgan fingerprint density at radius 1 is 0.912 bits per heavy atom. The first-order valence-corrected chi connectivity index (χ1v) is 11.9. The van der Waals surface area contributed by atoms with Crippen LogP contribution >= 0.6 is 0 Å². The highest BCUT2D eigenvalue weighted by Gasteiger charge is 2.17. The summed E-state index contributed by atoms with van der Waals surface area (Å²) >= 11 is 0. The summed E-state index contributed by atoms with van der Waals surface area (Å²) < 4.78 is 58.9. The number of methoxy groups -OCH3 is 2. The van der Waals surface area contributed by atoms with Crippen LogP contribution < -0.4 is 18.9 Å². The van der Waals surface area contributed by atoms with Gasteiger partial charge in [-0.2, -0.15) is 0 Å². The molecule has 1 aromatic heterocycles. The molecule has 0 aliphatic carbocycles. The van der Waals surface area contributed by atoms with Gasteiger partial charge in [-0.15, -0.1) is 0 Å². The van der Waals surface area contributed by atoms with Crippen LogP contribution in [0.25, 0.3) is 10.9 Å². The number of fused-ring (bicyclic) bond motifs is 1. The van der Waals surface area contributed by atoms with Crippen molar-refractivity contribution in [1.82, 2.24) is 4.98 Å². The number of hydrogen-bond donors (Lipinski definition) is 1. The number of benzene rings is 3. The van der Waals surface area contributed by atoms with Crippen molar-refractivity contribution >= 4 is 26.6 Å². The van der Waals surface area contributed by atoms with Crippen molar-refractivity contribution in [2.24, 2.45) is 0 Å². The normalized spacial score (nSPS) is 11.3. The Balaban J connectivity index is 1.59. The van der Waals surface area contributed by atoms with Gasteiger partial charge in [-0.3, -0.25) is 9.71 Å². The van der Waals surface area contributed by atoms with E-state index in [2.05, 4.69) is 9.71 Å². The summed E-state index contributed by atoms with van der Waals surface area (Å²) in [5.74, 6) is 0.857. The summed E-state index contributed by atoms with van der Waals surface area (Å²) in [5, 5.41) is 0.640. The van der Waals surface area contributed by atoms with Crippen LogP contribution in [0.2, 0.25) is 0 Å². The molecule has 0 bridgehead atoms. The first-order chi connectivity index (χ1) is 16.3. The highest BCUT2D eigenvalue weighted by Crippen LogP contribution is 2.37. The van der Waals surface area contributed by atoms with E-state index >= 15 is 0 Å². The fraction of sp³-hybridized carbons (Fsp3) is 0.160. The van der Waals surface area contributed by atoms with Gasteiger partial charge in [-0.25, -0.2) is 12.8 Å². The van der Waals surface area contributed by atoms with E-state index in [0.29, 0.717) is 28.2 Å². The molecule has 4 aromatic rings. The fourth-order valence-electron chi connectivity index (χ4n) is 3.41. The Labute approximate surface area is 197 Å². The smallest absolute Gasteiger partial charge is 0.261 e. The number of sulfonamides is 1. The lowest BCUT2D eigenvalue weighted by atomic mass is 10.2. The molecule has 0 unspecified atom stereocenters. The molecule has 0 aliphatic heterocycles. The predicted octanol–water partition coefficient (Wildman–Crippen LogP) is 5.55. The molecule has 0 fully saturated rings. The number of ether oxygens (including phenoxy) is 3. The van der Waals surface area contributed by atoms with Crippen molar-refractivity contribution in [3.8, 4) is 23.0 Å². The minimum Gasteiger partial charge on any atom is -0.493 e. The average Bonchev–Trinajstić information content (AvgIpc) is 2.85. The lowest BCUT2D eigenvalue weighted by Crippen LogP contribution is -2.14. The van der Waals surface area contributed by atoms with Crippen LogP contribution in [0.3, 0.4) is 0 Å². The number of hydrogen-bond acceptors (Lipinski definition) is 6. The summed E-state index contributed by atoms with van der Waals surface area (Å²) in [4.78, 5) is 4.37. The van der Waals surface area contributed by atoms with E-state index in [9.17, 15) is 12.8 Å². The summed E-state index contributed by atoms with van der Waals surface area (Å²) in [6.45, 7) is 1.98. The zero-order valence-electron chi connectivity index (χ0n) is 18.8. The molecule has 4 rings (SSSR count). The fourth-order valence-corrected chi connectivity index (χ4v) is 4.48. The zero-order valence-corrected chi connectivity index (χ0v) is 19.6. The molecule has 0 saturated heterocycles. The van der Waals surface area contributed by atoms with Gasteiger partial charge in [0.2, 0.25) is 0 Å². The number of halogens is 1. The summed E-state index contributed by atoms with van der Waals surface area (Å²) in [7, 11) is -0.888. The standard InChI is InChI=1S/C25H23FN2O5S/c1-4-16-5-8-18(9-6-16)34(29,30)28-21-10-7-17(13-20(21)26)33-23-11-12-27-22-15-25(32-3)24(31-2)14-19(22)23/h5-15,28H,4H2,1-3H3. The maximum absolute atomic E-state index is 14.8. The molecule has 9 heteroatoms. The zero-order chi connectivity index (χ0) is 24.3. The number of aryl methyl sites for hydroxylation is 1. The Morgan fingerprint density at radius 2 is 1.62 bits per heavy atom. The third-order valence-electron chi connectivity index (χ3n) is 5.26. The van der Waals surface area contributed by atoms with Crippen LogP contribution in [-0.2, 0) is 16.4 Å². The SMILES string of the molecule is CCc1ccc(S(=O)(=O)Nc2ccc(Oc3ccnc4cc(OC)c(OC)cc34)cc2F)cc1. The maximum Gasteiger partial charge on any atom is 0.261 e. The monoisotopic (exact) mass is 482 g/mol. The molecule has 34 heavy (non-hydrogen) atoms. The molecular formula is C25H23FN2O5S. The molecule has 176 valence electrons. The van der Waals surface area contributed by atoms with Gasteiger partial charge in [-0.1, -0.05) is 19.1 Å². The molecule has 1 heterocycles. The Morgan fingerprint density at radius 3 is 2.26 bits per heavy atom. The minimum atomic E-state index is -3.94. The number of rotatable bonds is 8. The van der Waals surface area contributed by atoms with Crippen molar-refractivity contribution in [3.05, 3.63) is 78.2 Å². The summed E-state index contributed by atoms with van der Waals surface area (Å²) in [6, 6.07) is 15.4.